The Hall–Kier alpha value is -1.02. The summed E-state index contributed by atoms with van der Waals surface area (Å²) in [6, 6.07) is 6.50. The summed E-state index contributed by atoms with van der Waals surface area (Å²) in [7, 11) is 0. The minimum atomic E-state index is 0.642. The van der Waals surface area contributed by atoms with Crippen LogP contribution >= 0.6 is 11.6 Å². The van der Waals surface area contributed by atoms with E-state index in [0.717, 1.165) is 36.1 Å². The predicted molar refractivity (Wildman–Crippen MR) is 90.0 cm³/mol. The summed E-state index contributed by atoms with van der Waals surface area (Å²) in [5, 5.41) is 0. The van der Waals surface area contributed by atoms with Crippen molar-refractivity contribution in [3.63, 3.8) is 0 Å². The minimum absolute atomic E-state index is 0.642. The second-order valence-electron chi connectivity index (χ2n) is 6.66. The zero-order valence-electron chi connectivity index (χ0n) is 13.1. The van der Waals surface area contributed by atoms with E-state index in [4.69, 9.17) is 16.6 Å². The smallest absolute Gasteiger partial charge is 0.111 e. The Kier molecular flexibility index (Phi) is 4.54. The quantitative estimate of drug-likeness (QED) is 0.731. The number of nitrogens with zero attached hydrogens (tertiary/aromatic N) is 2. The van der Waals surface area contributed by atoms with Crippen LogP contribution in [0.4, 0.5) is 0 Å². The minimum Gasteiger partial charge on any atom is -0.328 e. The molecule has 0 radical (unpaired) electrons. The Balaban J connectivity index is 1.95. The first kappa shape index (κ1) is 14.9. The van der Waals surface area contributed by atoms with Crippen molar-refractivity contribution in [2.75, 3.05) is 5.88 Å². The highest BCUT2D eigenvalue weighted by atomic mass is 35.5. The number of aromatic nitrogens is 2. The Morgan fingerprint density at radius 2 is 2.19 bits per heavy atom. The van der Waals surface area contributed by atoms with Gasteiger partial charge in [-0.15, -0.1) is 11.6 Å². The van der Waals surface area contributed by atoms with E-state index in [9.17, 15) is 0 Å². The Morgan fingerprint density at radius 1 is 1.33 bits per heavy atom. The molecular weight excluding hydrogens is 280 g/mol. The first-order valence-corrected chi connectivity index (χ1v) is 8.73. The van der Waals surface area contributed by atoms with Gasteiger partial charge >= 0.3 is 0 Å². The number of halogens is 1. The number of imidazole rings is 1. The number of para-hydroxylation sites is 1. The molecule has 0 saturated heterocycles. The van der Waals surface area contributed by atoms with Gasteiger partial charge < -0.3 is 4.57 Å². The van der Waals surface area contributed by atoms with Gasteiger partial charge in [0.1, 0.15) is 5.82 Å². The maximum absolute atomic E-state index is 5.99. The van der Waals surface area contributed by atoms with Crippen molar-refractivity contribution in [3.8, 4) is 0 Å². The molecule has 1 aromatic heterocycles. The lowest BCUT2D eigenvalue weighted by Crippen LogP contribution is -2.19. The maximum Gasteiger partial charge on any atom is 0.111 e. The summed E-state index contributed by atoms with van der Waals surface area (Å²) in [4.78, 5) is 4.86. The zero-order chi connectivity index (χ0) is 14.8. The first-order valence-electron chi connectivity index (χ1n) is 8.19. The summed E-state index contributed by atoms with van der Waals surface area (Å²) in [5.41, 5.74) is 3.70. The van der Waals surface area contributed by atoms with Crippen LogP contribution in [0.2, 0.25) is 0 Å². The molecule has 21 heavy (non-hydrogen) atoms. The molecule has 1 aliphatic rings. The molecule has 0 amide bonds. The lowest BCUT2D eigenvalue weighted by atomic mass is 9.82. The number of benzene rings is 1. The molecule has 3 rings (SSSR count). The average molecular weight is 305 g/mol. The highest BCUT2D eigenvalue weighted by molar-refractivity contribution is 6.17. The lowest BCUT2D eigenvalue weighted by molar-refractivity contribution is 0.257. The van der Waals surface area contributed by atoms with Gasteiger partial charge in [0.05, 0.1) is 11.0 Å². The van der Waals surface area contributed by atoms with E-state index < -0.39 is 0 Å². The van der Waals surface area contributed by atoms with E-state index in [1.807, 2.05) is 0 Å². The zero-order valence-corrected chi connectivity index (χ0v) is 13.9. The third-order valence-corrected chi connectivity index (χ3v) is 5.05. The fraction of sp³-hybridized carbons (Fsp3) is 0.611. The second-order valence-corrected chi connectivity index (χ2v) is 7.04. The first-order chi connectivity index (χ1) is 10.2. The lowest BCUT2D eigenvalue weighted by Gasteiger charge is -2.27. The Morgan fingerprint density at radius 3 is 2.95 bits per heavy atom. The highest BCUT2D eigenvalue weighted by Gasteiger charge is 2.21. The fourth-order valence-electron chi connectivity index (χ4n) is 3.80. The van der Waals surface area contributed by atoms with Crippen LogP contribution in [0.25, 0.3) is 11.0 Å². The molecule has 0 spiro atoms. The second kappa shape index (κ2) is 6.39. The molecule has 3 heteroatoms. The number of hydrogen-bond donors (Lipinski definition) is 0. The molecule has 2 unspecified atom stereocenters. The van der Waals surface area contributed by atoms with Gasteiger partial charge in [0.2, 0.25) is 0 Å². The standard InChI is InChI=1S/C18H25ClN2/c1-13-5-3-7-15(11-13)12-21-16-8-4-6-14(2)18(16)20-17(21)9-10-19/h4,6,8,13,15H,3,5,7,9-12H2,1-2H3. The van der Waals surface area contributed by atoms with Crippen molar-refractivity contribution in [2.45, 2.75) is 52.5 Å². The maximum atomic E-state index is 5.99. The summed E-state index contributed by atoms with van der Waals surface area (Å²) in [6.45, 7) is 5.64. The van der Waals surface area contributed by atoms with Crippen molar-refractivity contribution < 1.29 is 0 Å². The van der Waals surface area contributed by atoms with Gasteiger partial charge in [-0.05, 0) is 43.2 Å². The molecular formula is C18H25ClN2. The fourth-order valence-corrected chi connectivity index (χ4v) is 3.97. The van der Waals surface area contributed by atoms with Gasteiger partial charge in [-0.3, -0.25) is 0 Å². The van der Waals surface area contributed by atoms with Gasteiger partial charge in [0.15, 0.2) is 0 Å². The van der Waals surface area contributed by atoms with Crippen LogP contribution < -0.4 is 0 Å². The SMILES string of the molecule is Cc1cccc2c1nc(CCCl)n2CC1CCCC(C)C1. The topological polar surface area (TPSA) is 17.8 Å². The predicted octanol–water partition coefficient (Wildman–Crippen LogP) is 4.95. The van der Waals surface area contributed by atoms with Crippen molar-refractivity contribution in [1.29, 1.82) is 0 Å². The molecule has 0 bridgehead atoms. The van der Waals surface area contributed by atoms with Crippen LogP contribution in [0.5, 0.6) is 0 Å². The van der Waals surface area contributed by atoms with Gasteiger partial charge in [-0.1, -0.05) is 31.9 Å². The van der Waals surface area contributed by atoms with E-state index in [1.54, 1.807) is 0 Å². The molecule has 114 valence electrons. The van der Waals surface area contributed by atoms with E-state index in [-0.39, 0.29) is 0 Å². The summed E-state index contributed by atoms with van der Waals surface area (Å²) in [6.07, 6.45) is 6.34. The molecule has 2 aromatic rings. The van der Waals surface area contributed by atoms with Crippen LogP contribution in [0.1, 0.15) is 44.0 Å². The number of rotatable bonds is 4. The van der Waals surface area contributed by atoms with Gasteiger partial charge in [-0.2, -0.15) is 0 Å². The monoisotopic (exact) mass is 304 g/mol. The number of alkyl halides is 1. The van der Waals surface area contributed by atoms with E-state index in [0.29, 0.717) is 5.88 Å². The van der Waals surface area contributed by atoms with Gasteiger partial charge in [0, 0.05) is 18.8 Å². The summed E-state index contributed by atoms with van der Waals surface area (Å²) in [5.74, 6) is 3.47. The number of aryl methyl sites for hydroxylation is 2. The van der Waals surface area contributed by atoms with Crippen LogP contribution in [-0.2, 0) is 13.0 Å². The molecule has 1 aliphatic carbocycles. The van der Waals surface area contributed by atoms with Crippen LogP contribution in [0.3, 0.4) is 0 Å². The number of fused-ring (bicyclic) bond motifs is 1. The van der Waals surface area contributed by atoms with Crippen molar-refractivity contribution in [2.24, 2.45) is 11.8 Å². The molecule has 0 N–H and O–H groups in total. The van der Waals surface area contributed by atoms with Gasteiger partial charge in [-0.25, -0.2) is 4.98 Å². The van der Waals surface area contributed by atoms with E-state index >= 15 is 0 Å². The molecule has 2 nitrogen and oxygen atoms in total. The Bertz CT molecular complexity index is 617. The van der Waals surface area contributed by atoms with Crippen molar-refractivity contribution in [1.82, 2.24) is 9.55 Å². The normalized spacial score (nSPS) is 22.8. The summed E-state index contributed by atoms with van der Waals surface area (Å²) >= 11 is 5.99. The van der Waals surface area contributed by atoms with E-state index in [1.165, 1.54) is 36.8 Å². The molecule has 1 saturated carbocycles. The molecule has 1 heterocycles. The largest absolute Gasteiger partial charge is 0.328 e. The molecule has 2 atom stereocenters. The average Bonchev–Trinajstić information content (AvgIpc) is 2.79. The molecule has 1 fully saturated rings. The number of hydrogen-bond acceptors (Lipinski definition) is 1. The van der Waals surface area contributed by atoms with Crippen molar-refractivity contribution in [3.05, 3.63) is 29.6 Å². The van der Waals surface area contributed by atoms with Crippen LogP contribution in [-0.4, -0.2) is 15.4 Å². The van der Waals surface area contributed by atoms with Crippen LogP contribution in [0.15, 0.2) is 18.2 Å². The third kappa shape index (κ3) is 3.11. The van der Waals surface area contributed by atoms with E-state index in [2.05, 4.69) is 36.6 Å². The van der Waals surface area contributed by atoms with Gasteiger partial charge in [0.25, 0.3) is 0 Å². The highest BCUT2D eigenvalue weighted by Crippen LogP contribution is 2.31. The third-order valence-electron chi connectivity index (χ3n) is 4.86. The molecule has 0 aliphatic heterocycles. The molecule has 1 aromatic carbocycles. The Labute approximate surface area is 132 Å². The van der Waals surface area contributed by atoms with Crippen LogP contribution in [0, 0.1) is 18.8 Å². The summed E-state index contributed by atoms with van der Waals surface area (Å²) < 4.78 is 2.44. The van der Waals surface area contributed by atoms with Crippen molar-refractivity contribution >= 4 is 22.6 Å².